The molecule has 0 fully saturated rings. The highest BCUT2D eigenvalue weighted by Gasteiger charge is 2.40. The van der Waals surface area contributed by atoms with Crippen molar-refractivity contribution in [2.75, 3.05) is 0 Å². The molecule has 4 heterocycles. The number of carbonyl (C=O) groups is 1. The van der Waals surface area contributed by atoms with E-state index in [0.717, 1.165) is 33.7 Å². The average molecular weight is 548 g/mol. The standard InChI is InChI=1S/C35H25N5O2/c41-34(42)33-29(25-19-20-32-37-22-31(39(32)23-25)30-18-10-11-21-36-30)24-40(38-33)35(26-12-4-1-5-13-26,27-14-6-2-7-15-27)28-16-8-3-9-17-28/h1-24H,(H,41,42). The molecule has 0 amide bonds. The van der Waals surface area contributed by atoms with E-state index in [1.54, 1.807) is 17.1 Å². The third-order valence-corrected chi connectivity index (χ3v) is 7.58. The number of aromatic carboxylic acids is 1. The maximum absolute atomic E-state index is 12.7. The van der Waals surface area contributed by atoms with Gasteiger partial charge in [0.2, 0.25) is 0 Å². The molecule has 0 aliphatic rings. The van der Waals surface area contributed by atoms with Gasteiger partial charge < -0.3 is 5.11 Å². The number of pyridine rings is 2. The summed E-state index contributed by atoms with van der Waals surface area (Å²) < 4.78 is 3.73. The maximum Gasteiger partial charge on any atom is 0.357 e. The number of imidazole rings is 1. The fraction of sp³-hybridized carbons (Fsp3) is 0.0286. The topological polar surface area (TPSA) is 85.3 Å². The summed E-state index contributed by atoms with van der Waals surface area (Å²) in [4.78, 5) is 21.8. The molecule has 0 aliphatic heterocycles. The lowest BCUT2D eigenvalue weighted by atomic mass is 9.77. The van der Waals surface area contributed by atoms with Crippen molar-refractivity contribution in [2.45, 2.75) is 5.54 Å². The van der Waals surface area contributed by atoms with Gasteiger partial charge in [0.15, 0.2) is 5.69 Å². The second-order valence-electron chi connectivity index (χ2n) is 9.95. The van der Waals surface area contributed by atoms with Crippen LogP contribution in [0.15, 0.2) is 146 Å². The number of carboxylic acids is 1. The van der Waals surface area contributed by atoms with Gasteiger partial charge in [-0.3, -0.25) is 14.1 Å². The zero-order valence-corrected chi connectivity index (χ0v) is 22.4. The molecule has 0 bridgehead atoms. The van der Waals surface area contributed by atoms with Gasteiger partial charge in [0.1, 0.15) is 11.2 Å². The van der Waals surface area contributed by atoms with Crippen LogP contribution >= 0.6 is 0 Å². The fourth-order valence-electron chi connectivity index (χ4n) is 5.69. The summed E-state index contributed by atoms with van der Waals surface area (Å²) >= 11 is 0. The highest BCUT2D eigenvalue weighted by molar-refractivity contribution is 5.94. The molecule has 4 aromatic heterocycles. The van der Waals surface area contributed by atoms with E-state index >= 15 is 0 Å². The number of hydrogen-bond donors (Lipinski definition) is 1. The highest BCUT2D eigenvalue weighted by atomic mass is 16.4. The van der Waals surface area contributed by atoms with Crippen LogP contribution in [0.4, 0.5) is 0 Å². The van der Waals surface area contributed by atoms with Gasteiger partial charge in [-0.1, -0.05) is 97.1 Å². The van der Waals surface area contributed by atoms with Crippen LogP contribution in [0, 0.1) is 0 Å². The molecule has 0 atom stereocenters. The minimum atomic E-state index is -1.11. The van der Waals surface area contributed by atoms with Crippen molar-refractivity contribution in [3.8, 4) is 22.5 Å². The predicted molar refractivity (Wildman–Crippen MR) is 161 cm³/mol. The van der Waals surface area contributed by atoms with Gasteiger partial charge in [-0.15, -0.1) is 0 Å². The number of aromatic nitrogens is 5. The molecule has 7 nitrogen and oxygen atoms in total. The van der Waals surface area contributed by atoms with Gasteiger partial charge in [0, 0.05) is 29.7 Å². The summed E-state index contributed by atoms with van der Waals surface area (Å²) in [6.45, 7) is 0. The first kappa shape index (κ1) is 25.2. The first-order chi connectivity index (χ1) is 20.7. The smallest absolute Gasteiger partial charge is 0.357 e. The first-order valence-electron chi connectivity index (χ1n) is 13.5. The van der Waals surface area contributed by atoms with Crippen molar-refractivity contribution in [1.29, 1.82) is 0 Å². The molecule has 7 rings (SSSR count). The van der Waals surface area contributed by atoms with Gasteiger partial charge >= 0.3 is 5.97 Å². The molecule has 3 aromatic carbocycles. The van der Waals surface area contributed by atoms with Crippen LogP contribution in [0.5, 0.6) is 0 Å². The Bertz CT molecular complexity index is 1900. The first-order valence-corrected chi connectivity index (χ1v) is 13.5. The van der Waals surface area contributed by atoms with Crippen molar-refractivity contribution in [3.05, 3.63) is 168 Å². The van der Waals surface area contributed by atoms with E-state index in [1.165, 1.54) is 0 Å². The van der Waals surface area contributed by atoms with E-state index in [4.69, 9.17) is 5.10 Å². The molecule has 42 heavy (non-hydrogen) atoms. The summed E-state index contributed by atoms with van der Waals surface area (Å²) in [7, 11) is 0. The van der Waals surface area contributed by atoms with E-state index < -0.39 is 11.5 Å². The predicted octanol–water partition coefficient (Wildman–Crippen LogP) is 6.80. The Kier molecular flexibility index (Phi) is 6.17. The number of fused-ring (bicyclic) bond motifs is 1. The molecule has 0 aliphatic carbocycles. The molecule has 7 heteroatoms. The van der Waals surface area contributed by atoms with Crippen molar-refractivity contribution >= 4 is 11.6 Å². The molecule has 0 unspecified atom stereocenters. The summed E-state index contributed by atoms with van der Waals surface area (Å²) in [5.41, 5.74) is 5.39. The van der Waals surface area contributed by atoms with Crippen LogP contribution in [0.3, 0.4) is 0 Å². The van der Waals surface area contributed by atoms with E-state index in [9.17, 15) is 9.90 Å². The SMILES string of the molecule is O=C(O)c1nn(C(c2ccccc2)(c2ccccc2)c2ccccc2)cc1-c1ccc2ncc(-c3ccccn3)n2c1. The van der Waals surface area contributed by atoms with Gasteiger partial charge in [-0.2, -0.15) is 5.10 Å². The zero-order chi connectivity index (χ0) is 28.5. The molecule has 7 aromatic rings. The Labute approximate surface area is 242 Å². The Hall–Kier alpha value is -5.82. The van der Waals surface area contributed by atoms with Crippen molar-refractivity contribution < 1.29 is 9.90 Å². The minimum absolute atomic E-state index is 0.0407. The van der Waals surface area contributed by atoms with Crippen molar-refractivity contribution in [1.82, 2.24) is 24.1 Å². The molecule has 202 valence electrons. The zero-order valence-electron chi connectivity index (χ0n) is 22.4. The Morgan fingerprint density at radius 1 is 0.667 bits per heavy atom. The molecule has 0 radical (unpaired) electrons. The molecule has 1 N–H and O–H groups in total. The van der Waals surface area contributed by atoms with Gasteiger partial charge in [-0.05, 0) is 41.0 Å². The summed E-state index contributed by atoms with van der Waals surface area (Å²) in [5, 5.41) is 15.2. The van der Waals surface area contributed by atoms with Crippen LogP contribution in [-0.2, 0) is 5.54 Å². The van der Waals surface area contributed by atoms with Crippen LogP contribution in [0.1, 0.15) is 27.2 Å². The van der Waals surface area contributed by atoms with E-state index in [-0.39, 0.29) is 5.69 Å². The summed E-state index contributed by atoms with van der Waals surface area (Å²) in [6, 6.07) is 39.7. The molecule has 0 saturated carbocycles. The quantitative estimate of drug-likeness (QED) is 0.222. The van der Waals surface area contributed by atoms with Crippen LogP contribution in [0.2, 0.25) is 0 Å². The van der Waals surface area contributed by atoms with E-state index in [1.807, 2.05) is 102 Å². The molecule has 0 spiro atoms. The monoisotopic (exact) mass is 547 g/mol. The number of hydrogen-bond acceptors (Lipinski definition) is 4. The minimum Gasteiger partial charge on any atom is -0.476 e. The fourth-order valence-corrected chi connectivity index (χ4v) is 5.69. The lowest BCUT2D eigenvalue weighted by Crippen LogP contribution is -2.38. The Morgan fingerprint density at radius 2 is 1.26 bits per heavy atom. The maximum atomic E-state index is 12.7. The third-order valence-electron chi connectivity index (χ3n) is 7.58. The van der Waals surface area contributed by atoms with Crippen LogP contribution < -0.4 is 0 Å². The Morgan fingerprint density at radius 3 is 1.81 bits per heavy atom. The molecule has 0 saturated heterocycles. The lowest BCUT2D eigenvalue weighted by molar-refractivity contribution is 0.0689. The summed E-state index contributed by atoms with van der Waals surface area (Å²) in [6.07, 6.45) is 7.25. The number of carboxylic acid groups (broad SMARTS) is 1. The molecular formula is C35H25N5O2. The highest BCUT2D eigenvalue weighted by Crippen LogP contribution is 2.41. The number of nitrogens with zero attached hydrogens (tertiary/aromatic N) is 5. The average Bonchev–Trinajstić information content (AvgIpc) is 3.69. The lowest BCUT2D eigenvalue weighted by Gasteiger charge is -2.36. The van der Waals surface area contributed by atoms with Crippen LogP contribution in [-0.4, -0.2) is 35.2 Å². The van der Waals surface area contributed by atoms with Gasteiger partial charge in [-0.25, -0.2) is 9.78 Å². The summed E-state index contributed by atoms with van der Waals surface area (Å²) in [5.74, 6) is -1.11. The number of rotatable bonds is 7. The van der Waals surface area contributed by atoms with Crippen molar-refractivity contribution in [2.24, 2.45) is 0 Å². The largest absolute Gasteiger partial charge is 0.476 e. The van der Waals surface area contributed by atoms with Gasteiger partial charge in [0.05, 0.1) is 17.6 Å². The van der Waals surface area contributed by atoms with Crippen molar-refractivity contribution in [3.63, 3.8) is 0 Å². The van der Waals surface area contributed by atoms with E-state index in [2.05, 4.69) is 46.4 Å². The Balaban J connectivity index is 1.51. The van der Waals surface area contributed by atoms with E-state index in [0.29, 0.717) is 11.1 Å². The van der Waals surface area contributed by atoms with Gasteiger partial charge in [0.25, 0.3) is 0 Å². The third kappa shape index (κ3) is 4.07. The van der Waals surface area contributed by atoms with Crippen LogP contribution in [0.25, 0.3) is 28.2 Å². The molecular weight excluding hydrogens is 522 g/mol. The number of benzene rings is 3. The second-order valence-corrected chi connectivity index (χ2v) is 9.95. The second kappa shape index (κ2) is 10.3. The normalized spacial score (nSPS) is 11.5.